The molecule has 1 unspecified atom stereocenters. The van der Waals surface area contributed by atoms with E-state index in [0.717, 1.165) is 17.6 Å². The third kappa shape index (κ3) is 1.67. The highest BCUT2D eigenvalue weighted by molar-refractivity contribution is 6.01. The average Bonchev–Trinajstić information content (AvgIpc) is 3.00. The van der Waals surface area contributed by atoms with Crippen molar-refractivity contribution in [2.24, 2.45) is 0 Å². The van der Waals surface area contributed by atoms with E-state index in [1.807, 2.05) is 24.3 Å². The first-order chi connectivity index (χ1) is 11.8. The number of nitrogens with zero attached hydrogens (tertiary/aromatic N) is 1. The zero-order valence-electron chi connectivity index (χ0n) is 13.2. The van der Waals surface area contributed by atoms with E-state index in [0.29, 0.717) is 23.6 Å². The molecule has 3 aromatic rings. The van der Waals surface area contributed by atoms with Crippen LogP contribution in [0.3, 0.4) is 0 Å². The van der Waals surface area contributed by atoms with Crippen molar-refractivity contribution in [2.45, 2.75) is 12.6 Å². The summed E-state index contributed by atoms with van der Waals surface area (Å²) in [7, 11) is 1.57. The summed E-state index contributed by atoms with van der Waals surface area (Å²) < 4.78 is 11.5. The maximum Gasteiger partial charge on any atom is 0.264 e. The molecule has 5 nitrogen and oxygen atoms in total. The number of amides is 1. The van der Waals surface area contributed by atoms with Crippen LogP contribution in [0.1, 0.15) is 27.8 Å². The van der Waals surface area contributed by atoms with Gasteiger partial charge in [-0.15, -0.1) is 0 Å². The number of nitrogens with one attached hydrogen (secondary N) is 1. The first-order valence-electron chi connectivity index (χ1n) is 8.02. The van der Waals surface area contributed by atoms with Crippen LogP contribution in [-0.2, 0) is 6.42 Å². The fourth-order valence-electron chi connectivity index (χ4n) is 3.79. The minimum absolute atomic E-state index is 0.0389. The Hall–Kier alpha value is -2.95. The molecule has 0 saturated heterocycles. The number of ether oxygens (including phenoxy) is 2. The van der Waals surface area contributed by atoms with E-state index < -0.39 is 6.23 Å². The van der Waals surface area contributed by atoms with Crippen molar-refractivity contribution in [1.29, 1.82) is 0 Å². The van der Waals surface area contributed by atoms with Crippen LogP contribution in [0.15, 0.2) is 42.5 Å². The third-order valence-corrected chi connectivity index (χ3v) is 4.90. The monoisotopic (exact) mass is 320 g/mol. The van der Waals surface area contributed by atoms with Gasteiger partial charge in [-0.3, -0.25) is 9.69 Å². The molecule has 0 saturated carbocycles. The van der Waals surface area contributed by atoms with Gasteiger partial charge in [-0.2, -0.15) is 0 Å². The van der Waals surface area contributed by atoms with Crippen molar-refractivity contribution in [3.8, 4) is 11.5 Å². The highest BCUT2D eigenvalue weighted by Gasteiger charge is 2.41. The highest BCUT2D eigenvalue weighted by Crippen LogP contribution is 2.43. The number of carbonyl (C=O) groups is 1. The summed E-state index contributed by atoms with van der Waals surface area (Å²) in [4.78, 5) is 18.2. The molecule has 0 fully saturated rings. The zero-order chi connectivity index (χ0) is 16.3. The van der Waals surface area contributed by atoms with Gasteiger partial charge in [0.25, 0.3) is 5.91 Å². The fourth-order valence-corrected chi connectivity index (χ4v) is 3.79. The quantitative estimate of drug-likeness (QED) is 0.749. The first kappa shape index (κ1) is 13.5. The minimum Gasteiger partial charge on any atom is -0.496 e. The topological polar surface area (TPSA) is 54.6 Å². The Morgan fingerprint density at radius 3 is 2.96 bits per heavy atom. The van der Waals surface area contributed by atoms with Crippen LogP contribution >= 0.6 is 0 Å². The lowest BCUT2D eigenvalue weighted by Gasteiger charge is -2.39. The SMILES string of the molecule is COc1cccc2c1C(=O)N1CCc3c([nH]c4ccccc34)C1O2. The molecule has 1 atom stereocenters. The number of hydrogen-bond donors (Lipinski definition) is 1. The first-order valence-corrected chi connectivity index (χ1v) is 8.02. The van der Waals surface area contributed by atoms with Crippen LogP contribution in [0.5, 0.6) is 11.5 Å². The predicted octanol–water partition coefficient (Wildman–Crippen LogP) is 3.27. The van der Waals surface area contributed by atoms with Gasteiger partial charge in [-0.05, 0) is 30.2 Å². The molecule has 3 heterocycles. The summed E-state index contributed by atoms with van der Waals surface area (Å²) in [5, 5.41) is 1.21. The molecule has 24 heavy (non-hydrogen) atoms. The van der Waals surface area contributed by atoms with Gasteiger partial charge in [0, 0.05) is 17.4 Å². The van der Waals surface area contributed by atoms with Crippen molar-refractivity contribution < 1.29 is 14.3 Å². The normalized spacial score (nSPS) is 18.6. The predicted molar refractivity (Wildman–Crippen MR) is 89.4 cm³/mol. The Morgan fingerprint density at radius 1 is 1.21 bits per heavy atom. The molecule has 5 heteroatoms. The number of carbonyl (C=O) groups excluding carboxylic acids is 1. The second-order valence-corrected chi connectivity index (χ2v) is 6.11. The molecular weight excluding hydrogens is 304 g/mol. The fraction of sp³-hybridized carbons (Fsp3) is 0.211. The molecule has 5 rings (SSSR count). The Kier molecular flexibility index (Phi) is 2.68. The molecule has 0 bridgehead atoms. The number of aromatic nitrogens is 1. The molecular formula is C19H16N2O3. The van der Waals surface area contributed by atoms with E-state index in [1.54, 1.807) is 18.1 Å². The number of aromatic amines is 1. The van der Waals surface area contributed by atoms with E-state index in [2.05, 4.69) is 17.1 Å². The van der Waals surface area contributed by atoms with Gasteiger partial charge in [-0.1, -0.05) is 24.3 Å². The molecule has 2 aliphatic heterocycles. The van der Waals surface area contributed by atoms with Crippen molar-refractivity contribution >= 4 is 16.8 Å². The van der Waals surface area contributed by atoms with Crippen molar-refractivity contribution in [2.75, 3.05) is 13.7 Å². The molecule has 0 radical (unpaired) electrons. The zero-order valence-corrected chi connectivity index (χ0v) is 13.2. The van der Waals surface area contributed by atoms with Crippen LogP contribution in [0.4, 0.5) is 0 Å². The number of para-hydroxylation sites is 1. The van der Waals surface area contributed by atoms with Gasteiger partial charge in [0.15, 0.2) is 0 Å². The second kappa shape index (κ2) is 4.77. The van der Waals surface area contributed by atoms with E-state index in [1.165, 1.54) is 10.9 Å². The maximum atomic E-state index is 13.0. The minimum atomic E-state index is -0.409. The maximum absolute atomic E-state index is 13.0. The van der Waals surface area contributed by atoms with E-state index >= 15 is 0 Å². The van der Waals surface area contributed by atoms with E-state index in [-0.39, 0.29) is 5.91 Å². The van der Waals surface area contributed by atoms with Crippen molar-refractivity contribution in [3.63, 3.8) is 0 Å². The Morgan fingerprint density at radius 2 is 2.08 bits per heavy atom. The lowest BCUT2D eigenvalue weighted by molar-refractivity contribution is 0.00149. The van der Waals surface area contributed by atoms with Gasteiger partial charge < -0.3 is 14.5 Å². The molecule has 120 valence electrons. The van der Waals surface area contributed by atoms with Crippen molar-refractivity contribution in [1.82, 2.24) is 9.88 Å². The smallest absolute Gasteiger partial charge is 0.264 e. The lowest BCUT2D eigenvalue weighted by Crippen LogP contribution is -2.45. The Balaban J connectivity index is 1.68. The summed E-state index contributed by atoms with van der Waals surface area (Å²) in [6.07, 6.45) is 0.406. The van der Waals surface area contributed by atoms with Crippen LogP contribution in [0.25, 0.3) is 10.9 Å². The molecule has 0 aliphatic carbocycles. The van der Waals surface area contributed by atoms with Crippen LogP contribution in [0, 0.1) is 0 Å². The van der Waals surface area contributed by atoms with Crippen LogP contribution in [0.2, 0.25) is 0 Å². The number of methoxy groups -OCH3 is 1. The average molecular weight is 320 g/mol. The van der Waals surface area contributed by atoms with Gasteiger partial charge in [0.05, 0.1) is 12.8 Å². The van der Waals surface area contributed by atoms with Gasteiger partial charge in [0.1, 0.15) is 17.1 Å². The number of H-pyrrole nitrogens is 1. The number of benzene rings is 2. The largest absolute Gasteiger partial charge is 0.496 e. The van der Waals surface area contributed by atoms with E-state index in [4.69, 9.17) is 9.47 Å². The van der Waals surface area contributed by atoms with Crippen LogP contribution in [-0.4, -0.2) is 29.4 Å². The van der Waals surface area contributed by atoms with Gasteiger partial charge in [0.2, 0.25) is 6.23 Å². The molecule has 1 amide bonds. The molecule has 0 spiro atoms. The summed E-state index contributed by atoms with van der Waals surface area (Å²) in [5.74, 6) is 1.09. The Bertz CT molecular complexity index is 976. The van der Waals surface area contributed by atoms with Crippen molar-refractivity contribution in [3.05, 3.63) is 59.3 Å². The van der Waals surface area contributed by atoms with Crippen LogP contribution < -0.4 is 9.47 Å². The highest BCUT2D eigenvalue weighted by atomic mass is 16.5. The summed E-state index contributed by atoms with van der Waals surface area (Å²) in [6.45, 7) is 0.635. The second-order valence-electron chi connectivity index (χ2n) is 6.11. The van der Waals surface area contributed by atoms with E-state index in [9.17, 15) is 4.79 Å². The lowest BCUT2D eigenvalue weighted by atomic mass is 9.99. The third-order valence-electron chi connectivity index (χ3n) is 4.90. The molecule has 1 aromatic heterocycles. The number of fused-ring (bicyclic) bond motifs is 6. The summed E-state index contributed by atoms with van der Waals surface area (Å²) in [5.41, 5.74) is 3.81. The Labute approximate surface area is 138 Å². The number of rotatable bonds is 1. The standard InChI is InChI=1S/C19H16N2O3/c1-23-14-7-4-8-15-16(14)18(22)21-10-9-12-11-5-2-3-6-13(11)20-17(12)19(21)24-15/h2-8,19-20H,9-10H2,1H3. The number of hydrogen-bond acceptors (Lipinski definition) is 3. The molecule has 2 aliphatic rings. The molecule has 2 aromatic carbocycles. The molecule has 1 N–H and O–H groups in total. The summed E-state index contributed by atoms with van der Waals surface area (Å²) >= 11 is 0. The van der Waals surface area contributed by atoms with Gasteiger partial charge >= 0.3 is 0 Å². The summed E-state index contributed by atoms with van der Waals surface area (Å²) in [6, 6.07) is 13.7. The van der Waals surface area contributed by atoms with Gasteiger partial charge in [-0.25, -0.2) is 0 Å².